The summed E-state index contributed by atoms with van der Waals surface area (Å²) in [6.45, 7) is 0. The largest absolute Gasteiger partial charge is 0.321 e. The third kappa shape index (κ3) is 2.14. The topological polar surface area (TPSA) is 56.0 Å². The van der Waals surface area contributed by atoms with E-state index in [1.165, 1.54) is 24.2 Å². The average molecular weight is 196 g/mol. The van der Waals surface area contributed by atoms with Crippen LogP contribution in [0.3, 0.4) is 0 Å². The van der Waals surface area contributed by atoms with Crippen molar-refractivity contribution >= 4 is 17.1 Å². The lowest BCUT2D eigenvalue weighted by Gasteiger charge is -2.06. The van der Waals surface area contributed by atoms with Crippen LogP contribution in [0.4, 0.5) is 0 Å². The van der Waals surface area contributed by atoms with Gasteiger partial charge in [0, 0.05) is 6.20 Å². The molecule has 1 aliphatic carbocycles. The molecule has 0 aromatic carbocycles. The van der Waals surface area contributed by atoms with Crippen molar-refractivity contribution in [3.05, 3.63) is 16.6 Å². The first-order valence-electron chi connectivity index (χ1n) is 4.45. The van der Waals surface area contributed by atoms with E-state index in [2.05, 4.69) is 4.98 Å². The summed E-state index contributed by atoms with van der Waals surface area (Å²) in [4.78, 5) is 16.2. The SMILES string of the molecule is NC(CC1CC1)C(=O)c1cncs1. The fraction of sp³-hybridized carbons (Fsp3) is 0.556. The summed E-state index contributed by atoms with van der Waals surface area (Å²) in [5.74, 6) is 0.751. The van der Waals surface area contributed by atoms with Gasteiger partial charge < -0.3 is 5.73 Å². The van der Waals surface area contributed by atoms with Gasteiger partial charge in [0.15, 0.2) is 5.78 Å². The van der Waals surface area contributed by atoms with Crippen LogP contribution in [0.5, 0.6) is 0 Å². The molecule has 0 bridgehead atoms. The molecule has 2 rings (SSSR count). The maximum atomic E-state index is 11.6. The third-order valence-electron chi connectivity index (χ3n) is 2.30. The summed E-state index contributed by atoms with van der Waals surface area (Å²) >= 11 is 1.37. The van der Waals surface area contributed by atoms with Crippen molar-refractivity contribution in [3.63, 3.8) is 0 Å². The molecule has 1 unspecified atom stereocenters. The van der Waals surface area contributed by atoms with Crippen LogP contribution in [0.2, 0.25) is 0 Å². The highest BCUT2D eigenvalue weighted by Crippen LogP contribution is 2.33. The number of hydrogen-bond acceptors (Lipinski definition) is 4. The normalized spacial score (nSPS) is 18.5. The molecule has 1 saturated carbocycles. The highest BCUT2D eigenvalue weighted by atomic mass is 32.1. The maximum Gasteiger partial charge on any atom is 0.191 e. The number of nitrogens with two attached hydrogens (primary N) is 1. The Morgan fingerprint density at radius 2 is 2.54 bits per heavy atom. The Kier molecular flexibility index (Phi) is 2.42. The van der Waals surface area contributed by atoms with Gasteiger partial charge in [-0.1, -0.05) is 12.8 Å². The molecule has 3 nitrogen and oxygen atoms in total. The Hall–Kier alpha value is -0.740. The second-order valence-electron chi connectivity index (χ2n) is 3.52. The van der Waals surface area contributed by atoms with E-state index in [9.17, 15) is 4.79 Å². The molecule has 1 aromatic heterocycles. The van der Waals surface area contributed by atoms with Gasteiger partial charge in [-0.3, -0.25) is 9.78 Å². The highest BCUT2D eigenvalue weighted by molar-refractivity contribution is 7.11. The molecule has 1 heterocycles. The van der Waals surface area contributed by atoms with Crippen molar-refractivity contribution in [2.45, 2.75) is 25.3 Å². The number of nitrogens with zero attached hydrogens (tertiary/aromatic N) is 1. The summed E-state index contributed by atoms with van der Waals surface area (Å²) in [7, 11) is 0. The zero-order valence-corrected chi connectivity index (χ0v) is 8.09. The molecule has 0 radical (unpaired) electrons. The van der Waals surface area contributed by atoms with Gasteiger partial charge in [-0.05, 0) is 12.3 Å². The van der Waals surface area contributed by atoms with Crippen LogP contribution in [0.1, 0.15) is 28.9 Å². The number of hydrogen-bond donors (Lipinski definition) is 1. The molecular weight excluding hydrogens is 184 g/mol. The molecular formula is C9H12N2OS. The van der Waals surface area contributed by atoms with E-state index in [0.717, 1.165) is 6.42 Å². The fourth-order valence-corrected chi connectivity index (χ4v) is 1.96. The first-order valence-corrected chi connectivity index (χ1v) is 5.33. The number of Topliss-reactive ketones (excluding diaryl/α,β-unsaturated/α-hetero) is 1. The molecule has 1 atom stereocenters. The number of carbonyl (C=O) groups excluding carboxylic acids is 1. The summed E-state index contributed by atoms with van der Waals surface area (Å²) in [5.41, 5.74) is 7.44. The highest BCUT2D eigenvalue weighted by Gasteiger charge is 2.27. The van der Waals surface area contributed by atoms with E-state index >= 15 is 0 Å². The Labute approximate surface area is 81.0 Å². The van der Waals surface area contributed by atoms with Gasteiger partial charge in [-0.15, -0.1) is 11.3 Å². The third-order valence-corrected chi connectivity index (χ3v) is 3.08. The molecule has 13 heavy (non-hydrogen) atoms. The van der Waals surface area contributed by atoms with Crippen LogP contribution in [-0.4, -0.2) is 16.8 Å². The molecule has 2 N–H and O–H groups in total. The summed E-state index contributed by atoms with van der Waals surface area (Å²) in [6.07, 6.45) is 4.92. The first-order chi connectivity index (χ1) is 6.27. The summed E-state index contributed by atoms with van der Waals surface area (Å²) in [6, 6.07) is -0.312. The smallest absolute Gasteiger partial charge is 0.191 e. The quantitative estimate of drug-likeness (QED) is 0.741. The van der Waals surface area contributed by atoms with Gasteiger partial charge in [0.05, 0.1) is 16.4 Å². The minimum absolute atomic E-state index is 0.0504. The van der Waals surface area contributed by atoms with Gasteiger partial charge >= 0.3 is 0 Å². The molecule has 0 spiro atoms. The molecule has 4 heteroatoms. The number of rotatable bonds is 4. The standard InChI is InChI=1S/C9H12N2OS/c10-7(3-6-1-2-6)9(12)8-4-11-5-13-8/h4-7H,1-3,10H2. The number of ketones is 1. The lowest BCUT2D eigenvalue weighted by atomic mass is 10.1. The Bertz CT molecular complexity index is 293. The lowest BCUT2D eigenvalue weighted by molar-refractivity contribution is 0.0958. The van der Waals surface area contributed by atoms with E-state index in [1.54, 1.807) is 11.7 Å². The lowest BCUT2D eigenvalue weighted by Crippen LogP contribution is -2.30. The first kappa shape index (κ1) is 8.84. The van der Waals surface area contributed by atoms with Gasteiger partial charge in [0.1, 0.15) is 0 Å². The molecule has 1 aromatic rings. The second kappa shape index (κ2) is 3.55. The van der Waals surface area contributed by atoms with Crippen molar-refractivity contribution in [3.8, 4) is 0 Å². The molecule has 0 amide bonds. The van der Waals surface area contributed by atoms with Crippen molar-refractivity contribution in [2.75, 3.05) is 0 Å². The van der Waals surface area contributed by atoms with E-state index in [-0.39, 0.29) is 11.8 Å². The van der Waals surface area contributed by atoms with Crippen LogP contribution >= 0.6 is 11.3 Å². The molecule has 0 saturated heterocycles. The molecule has 0 aliphatic heterocycles. The van der Waals surface area contributed by atoms with Crippen LogP contribution < -0.4 is 5.73 Å². The Balaban J connectivity index is 1.95. The number of aromatic nitrogens is 1. The van der Waals surface area contributed by atoms with Crippen LogP contribution in [0, 0.1) is 5.92 Å². The molecule has 70 valence electrons. The van der Waals surface area contributed by atoms with Gasteiger partial charge in [0.25, 0.3) is 0 Å². The predicted molar refractivity (Wildman–Crippen MR) is 51.8 cm³/mol. The van der Waals surface area contributed by atoms with E-state index in [0.29, 0.717) is 10.8 Å². The Morgan fingerprint density at radius 1 is 1.77 bits per heavy atom. The van der Waals surface area contributed by atoms with Gasteiger partial charge in [-0.2, -0.15) is 0 Å². The van der Waals surface area contributed by atoms with E-state index in [4.69, 9.17) is 5.73 Å². The van der Waals surface area contributed by atoms with Gasteiger partial charge in [0.2, 0.25) is 0 Å². The zero-order valence-electron chi connectivity index (χ0n) is 7.27. The minimum atomic E-state index is -0.312. The van der Waals surface area contributed by atoms with Crippen LogP contribution in [0.15, 0.2) is 11.7 Å². The Morgan fingerprint density at radius 3 is 3.08 bits per heavy atom. The van der Waals surface area contributed by atoms with Crippen LogP contribution in [0.25, 0.3) is 0 Å². The van der Waals surface area contributed by atoms with Crippen molar-refractivity contribution in [1.29, 1.82) is 0 Å². The van der Waals surface area contributed by atoms with Gasteiger partial charge in [-0.25, -0.2) is 0 Å². The molecule has 1 fully saturated rings. The summed E-state index contributed by atoms with van der Waals surface area (Å²) in [5, 5.41) is 0. The van der Waals surface area contributed by atoms with E-state index in [1.807, 2.05) is 0 Å². The zero-order chi connectivity index (χ0) is 9.26. The van der Waals surface area contributed by atoms with Crippen molar-refractivity contribution in [2.24, 2.45) is 11.7 Å². The molecule has 1 aliphatic rings. The maximum absolute atomic E-state index is 11.6. The number of carbonyl (C=O) groups is 1. The van der Waals surface area contributed by atoms with Crippen LogP contribution in [-0.2, 0) is 0 Å². The van der Waals surface area contributed by atoms with Crippen molar-refractivity contribution < 1.29 is 4.79 Å². The average Bonchev–Trinajstić information content (AvgIpc) is 2.78. The predicted octanol–water partition coefficient (Wildman–Crippen LogP) is 1.45. The summed E-state index contributed by atoms with van der Waals surface area (Å²) < 4.78 is 0. The fourth-order valence-electron chi connectivity index (χ4n) is 1.34. The monoisotopic (exact) mass is 196 g/mol. The van der Waals surface area contributed by atoms with Crippen molar-refractivity contribution in [1.82, 2.24) is 4.98 Å². The number of thiazole rings is 1. The second-order valence-corrected chi connectivity index (χ2v) is 4.40. The minimum Gasteiger partial charge on any atom is -0.321 e. The van der Waals surface area contributed by atoms with E-state index < -0.39 is 0 Å².